The van der Waals surface area contributed by atoms with Crippen LogP contribution in [-0.4, -0.2) is 21.0 Å². The van der Waals surface area contributed by atoms with Crippen molar-refractivity contribution in [3.05, 3.63) is 83.0 Å². The Kier molecular flexibility index (Phi) is 5.83. The Morgan fingerprint density at radius 1 is 1.00 bits per heavy atom. The molecular weight excluding hydrogens is 414 g/mol. The van der Waals surface area contributed by atoms with Crippen molar-refractivity contribution in [3.63, 3.8) is 0 Å². The van der Waals surface area contributed by atoms with Gasteiger partial charge in [0.2, 0.25) is 0 Å². The number of hydrogen-bond acceptors (Lipinski definition) is 6. The molecule has 0 spiro atoms. The first kappa shape index (κ1) is 20.1. The number of thiazole rings is 1. The Labute approximate surface area is 182 Å². The third-order valence-electron chi connectivity index (χ3n) is 4.50. The zero-order valence-corrected chi connectivity index (χ0v) is 18.1. The third-order valence-corrected chi connectivity index (χ3v) is 6.24. The largest absolute Gasteiger partial charge is 0.508 e. The summed E-state index contributed by atoms with van der Waals surface area (Å²) < 4.78 is 0. The average Bonchev–Trinajstić information content (AvgIpc) is 3.18. The molecule has 30 heavy (non-hydrogen) atoms. The van der Waals surface area contributed by atoms with Gasteiger partial charge in [0.05, 0.1) is 5.69 Å². The van der Waals surface area contributed by atoms with Gasteiger partial charge in [-0.1, -0.05) is 11.8 Å². The molecule has 7 heteroatoms. The predicted molar refractivity (Wildman–Crippen MR) is 121 cm³/mol. The Bertz CT molecular complexity index is 1170. The molecule has 4 rings (SSSR count). The summed E-state index contributed by atoms with van der Waals surface area (Å²) in [6, 6.07) is 14.8. The summed E-state index contributed by atoms with van der Waals surface area (Å²) >= 11 is 3.05. The molecule has 0 saturated heterocycles. The summed E-state index contributed by atoms with van der Waals surface area (Å²) in [7, 11) is 0. The number of pyridine rings is 1. The van der Waals surface area contributed by atoms with E-state index < -0.39 is 0 Å². The van der Waals surface area contributed by atoms with Gasteiger partial charge >= 0.3 is 0 Å². The quantitative estimate of drug-likeness (QED) is 0.408. The van der Waals surface area contributed by atoms with Crippen LogP contribution in [0, 0.1) is 13.8 Å². The number of aromatic hydroxyl groups is 1. The maximum absolute atomic E-state index is 12.3. The number of rotatable bonds is 5. The lowest BCUT2D eigenvalue weighted by Gasteiger charge is -2.11. The molecule has 0 aliphatic carbocycles. The number of carbonyl (C=O) groups excluding carboxylic acids is 1. The van der Waals surface area contributed by atoms with Crippen LogP contribution in [0.25, 0.3) is 11.3 Å². The van der Waals surface area contributed by atoms with Crippen molar-refractivity contribution in [1.82, 2.24) is 9.97 Å². The van der Waals surface area contributed by atoms with Crippen molar-refractivity contribution in [1.29, 1.82) is 0 Å². The van der Waals surface area contributed by atoms with Crippen LogP contribution in [-0.2, 0) is 0 Å². The molecule has 0 bridgehead atoms. The fourth-order valence-corrected chi connectivity index (χ4v) is 4.87. The van der Waals surface area contributed by atoms with Crippen LogP contribution in [0.3, 0.4) is 0 Å². The number of aryl methyl sites for hydroxylation is 2. The number of carbonyl (C=O) groups is 1. The number of phenolic OH excluding ortho intramolecular Hbond substituents is 1. The number of amides is 1. The third kappa shape index (κ3) is 4.53. The Morgan fingerprint density at radius 2 is 1.67 bits per heavy atom. The second kappa shape index (κ2) is 8.69. The standard InChI is InChI=1S/C23H19N3O2S2/c1-14-11-19(30-18-5-3-17(27)4-6-18)12-15(2)21(14)20-13-29-23(25-20)26-22(28)16-7-9-24-10-8-16/h3-13,27H,1-2H3,(H,25,26,28). The lowest BCUT2D eigenvalue weighted by Crippen LogP contribution is -2.11. The molecule has 0 radical (unpaired) electrons. The molecule has 5 nitrogen and oxygen atoms in total. The molecule has 0 atom stereocenters. The van der Waals surface area contributed by atoms with E-state index in [4.69, 9.17) is 0 Å². The van der Waals surface area contributed by atoms with Crippen molar-refractivity contribution >= 4 is 34.1 Å². The highest BCUT2D eigenvalue weighted by molar-refractivity contribution is 7.99. The number of aromatic nitrogens is 2. The molecule has 2 aromatic heterocycles. The molecule has 2 aromatic carbocycles. The molecule has 2 N–H and O–H groups in total. The lowest BCUT2D eigenvalue weighted by molar-refractivity contribution is 0.102. The molecule has 0 unspecified atom stereocenters. The maximum atomic E-state index is 12.3. The van der Waals surface area contributed by atoms with E-state index in [2.05, 4.69) is 41.3 Å². The Morgan fingerprint density at radius 3 is 2.33 bits per heavy atom. The normalized spacial score (nSPS) is 10.7. The number of nitrogens with zero attached hydrogens (tertiary/aromatic N) is 2. The van der Waals surface area contributed by atoms with Crippen molar-refractivity contribution in [2.45, 2.75) is 23.6 Å². The zero-order chi connectivity index (χ0) is 21.1. The zero-order valence-electron chi connectivity index (χ0n) is 16.4. The van der Waals surface area contributed by atoms with Gasteiger partial charge in [0, 0.05) is 38.7 Å². The van der Waals surface area contributed by atoms with Gasteiger partial charge in [-0.15, -0.1) is 11.3 Å². The van der Waals surface area contributed by atoms with Gasteiger partial charge < -0.3 is 5.11 Å². The molecule has 0 saturated carbocycles. The molecule has 1 amide bonds. The minimum Gasteiger partial charge on any atom is -0.508 e. The van der Waals surface area contributed by atoms with Crippen LogP contribution in [0.5, 0.6) is 5.75 Å². The van der Waals surface area contributed by atoms with Gasteiger partial charge in [0.1, 0.15) is 5.75 Å². The average molecular weight is 434 g/mol. The highest BCUT2D eigenvalue weighted by atomic mass is 32.2. The Hall–Kier alpha value is -3.16. The topological polar surface area (TPSA) is 75.1 Å². The van der Waals surface area contributed by atoms with E-state index in [1.54, 1.807) is 48.4 Å². The van der Waals surface area contributed by atoms with Crippen LogP contribution in [0.15, 0.2) is 76.1 Å². The van der Waals surface area contributed by atoms with Crippen LogP contribution in [0.2, 0.25) is 0 Å². The highest BCUT2D eigenvalue weighted by Gasteiger charge is 2.14. The van der Waals surface area contributed by atoms with Gasteiger partial charge in [0.15, 0.2) is 5.13 Å². The fourth-order valence-electron chi connectivity index (χ4n) is 3.16. The second-order valence-electron chi connectivity index (χ2n) is 6.76. The van der Waals surface area contributed by atoms with E-state index >= 15 is 0 Å². The van der Waals surface area contributed by atoms with Crippen molar-refractivity contribution in [2.75, 3.05) is 5.32 Å². The van der Waals surface area contributed by atoms with Crippen LogP contribution in [0.4, 0.5) is 5.13 Å². The molecule has 4 aromatic rings. The van der Waals surface area contributed by atoms with E-state index in [9.17, 15) is 9.90 Å². The van der Waals surface area contributed by atoms with E-state index in [0.717, 1.165) is 32.2 Å². The fraction of sp³-hybridized carbons (Fsp3) is 0.0870. The van der Waals surface area contributed by atoms with Gasteiger partial charge in [-0.3, -0.25) is 15.1 Å². The van der Waals surface area contributed by atoms with Crippen LogP contribution in [0.1, 0.15) is 21.5 Å². The van der Waals surface area contributed by atoms with Crippen molar-refractivity contribution in [2.24, 2.45) is 0 Å². The second-order valence-corrected chi connectivity index (χ2v) is 8.76. The summed E-state index contributed by atoms with van der Waals surface area (Å²) in [5, 5.41) is 14.8. The predicted octanol–water partition coefficient (Wildman–Crippen LogP) is 5.93. The molecule has 0 aliphatic rings. The maximum Gasteiger partial charge on any atom is 0.257 e. The molecule has 150 valence electrons. The van der Waals surface area contributed by atoms with E-state index in [0.29, 0.717) is 10.7 Å². The lowest BCUT2D eigenvalue weighted by atomic mass is 10.0. The van der Waals surface area contributed by atoms with Crippen molar-refractivity contribution in [3.8, 4) is 17.0 Å². The summed E-state index contributed by atoms with van der Waals surface area (Å²) in [6.07, 6.45) is 3.18. The van der Waals surface area contributed by atoms with E-state index in [-0.39, 0.29) is 11.7 Å². The monoisotopic (exact) mass is 433 g/mol. The molecule has 0 fully saturated rings. The van der Waals surface area contributed by atoms with E-state index in [1.165, 1.54) is 11.3 Å². The van der Waals surface area contributed by atoms with Gasteiger partial charge in [0.25, 0.3) is 5.91 Å². The first-order chi connectivity index (χ1) is 14.5. The SMILES string of the molecule is Cc1cc(Sc2ccc(O)cc2)cc(C)c1-c1csc(NC(=O)c2ccncc2)n1. The summed E-state index contributed by atoms with van der Waals surface area (Å²) in [4.78, 5) is 23.1. The summed E-state index contributed by atoms with van der Waals surface area (Å²) in [5.41, 5.74) is 4.71. The molecule has 0 aliphatic heterocycles. The first-order valence-corrected chi connectivity index (χ1v) is 10.9. The highest BCUT2D eigenvalue weighted by Crippen LogP contribution is 2.36. The summed E-state index contributed by atoms with van der Waals surface area (Å²) in [5.74, 6) is 0.0600. The van der Waals surface area contributed by atoms with Crippen molar-refractivity contribution < 1.29 is 9.90 Å². The molecule has 2 heterocycles. The van der Waals surface area contributed by atoms with Gasteiger partial charge in [-0.25, -0.2) is 4.98 Å². The number of phenols is 1. The minimum absolute atomic E-state index is 0.201. The van der Waals surface area contributed by atoms with Crippen LogP contribution < -0.4 is 5.32 Å². The summed E-state index contributed by atoms with van der Waals surface area (Å²) in [6.45, 7) is 4.13. The number of benzene rings is 2. The minimum atomic E-state index is -0.201. The van der Waals surface area contributed by atoms with Gasteiger partial charge in [-0.05, 0) is 73.5 Å². The molecular formula is C23H19N3O2S2. The smallest absolute Gasteiger partial charge is 0.257 e. The number of nitrogens with one attached hydrogen (secondary N) is 1. The Balaban J connectivity index is 1.54. The van der Waals surface area contributed by atoms with E-state index in [1.807, 2.05) is 17.5 Å². The first-order valence-electron chi connectivity index (χ1n) is 9.25. The van der Waals surface area contributed by atoms with Crippen LogP contribution >= 0.6 is 23.1 Å². The number of hydrogen-bond donors (Lipinski definition) is 2. The van der Waals surface area contributed by atoms with Gasteiger partial charge in [-0.2, -0.15) is 0 Å². The number of anilines is 1.